The first-order chi connectivity index (χ1) is 34.6. The molecule has 26 nitrogen and oxygen atoms in total. The Morgan fingerprint density at radius 1 is 0.486 bits per heavy atom. The number of carboxylic acid groups (broad SMARTS) is 2. The van der Waals surface area contributed by atoms with Crippen LogP contribution in [0.25, 0.3) is 0 Å². The van der Waals surface area contributed by atoms with Crippen molar-refractivity contribution in [2.24, 2.45) is 5.41 Å². The summed E-state index contributed by atoms with van der Waals surface area (Å²) < 4.78 is 46.0. The van der Waals surface area contributed by atoms with E-state index >= 15 is 0 Å². The SMILES string of the molecule is CC(C)(C)C(=O)CN(Cc1nccn1CC(=O)NCCCOCCOCCOCCCNC(=O)COCC(=O)O)Cc1nccn1CC(=O)NCCCOCCOCCOCCCNC(=O)COCC(=O)O. The van der Waals surface area contributed by atoms with Crippen molar-refractivity contribution >= 4 is 41.4 Å². The van der Waals surface area contributed by atoms with Crippen LogP contribution in [0.15, 0.2) is 24.8 Å². The lowest BCUT2D eigenvalue weighted by molar-refractivity contribution is -0.145. The number of rotatable bonds is 46. The van der Waals surface area contributed by atoms with Crippen LogP contribution in [0.3, 0.4) is 0 Å². The van der Waals surface area contributed by atoms with E-state index in [1.165, 1.54) is 0 Å². The van der Waals surface area contributed by atoms with Gasteiger partial charge in [0.1, 0.15) is 51.2 Å². The fourth-order valence-corrected chi connectivity index (χ4v) is 5.96. The van der Waals surface area contributed by atoms with E-state index in [4.69, 9.17) is 48.1 Å². The quantitative estimate of drug-likeness (QED) is 0.0434. The highest BCUT2D eigenvalue weighted by atomic mass is 16.6. The van der Waals surface area contributed by atoms with Crippen molar-refractivity contribution in [1.82, 2.24) is 45.3 Å². The van der Waals surface area contributed by atoms with Crippen molar-refractivity contribution in [3.8, 4) is 0 Å². The Morgan fingerprint density at radius 2 is 0.806 bits per heavy atom. The van der Waals surface area contributed by atoms with Gasteiger partial charge in [-0.1, -0.05) is 20.8 Å². The monoisotopic (exact) mass is 1030 g/mol. The van der Waals surface area contributed by atoms with E-state index < -0.39 is 42.4 Å². The molecule has 26 heteroatoms. The molecular formula is C46H77N9O17. The first-order valence-electron chi connectivity index (χ1n) is 24.0. The number of nitrogens with zero attached hydrogens (tertiary/aromatic N) is 5. The molecule has 0 radical (unpaired) electrons. The molecule has 0 aliphatic heterocycles. The van der Waals surface area contributed by atoms with Gasteiger partial charge in [-0.25, -0.2) is 19.6 Å². The van der Waals surface area contributed by atoms with Crippen molar-refractivity contribution in [1.29, 1.82) is 0 Å². The lowest BCUT2D eigenvalue weighted by atomic mass is 9.90. The third kappa shape index (κ3) is 33.2. The van der Waals surface area contributed by atoms with Crippen molar-refractivity contribution in [3.63, 3.8) is 0 Å². The van der Waals surface area contributed by atoms with Crippen LogP contribution in [0.5, 0.6) is 0 Å². The van der Waals surface area contributed by atoms with Gasteiger partial charge in [0, 0.05) is 82.8 Å². The number of aliphatic carboxylic acids is 2. The summed E-state index contributed by atoms with van der Waals surface area (Å²) in [6.07, 6.45) is 9.00. The molecule has 0 saturated heterocycles. The number of hydrogen-bond donors (Lipinski definition) is 6. The third-order valence-electron chi connectivity index (χ3n) is 9.72. The molecule has 0 aliphatic rings. The molecule has 2 aromatic rings. The molecular weight excluding hydrogens is 951 g/mol. The van der Waals surface area contributed by atoms with Crippen molar-refractivity contribution in [2.75, 3.05) is 138 Å². The smallest absolute Gasteiger partial charge is 0.329 e. The van der Waals surface area contributed by atoms with Gasteiger partial charge in [0.15, 0.2) is 5.78 Å². The highest BCUT2D eigenvalue weighted by Gasteiger charge is 2.26. The van der Waals surface area contributed by atoms with Crippen LogP contribution in [0, 0.1) is 5.41 Å². The Balaban J connectivity index is 1.61. The van der Waals surface area contributed by atoms with E-state index in [0.29, 0.717) is 143 Å². The van der Waals surface area contributed by atoms with E-state index in [2.05, 4.69) is 31.2 Å². The molecule has 0 spiro atoms. The molecule has 2 aromatic heterocycles. The summed E-state index contributed by atoms with van der Waals surface area (Å²) in [7, 11) is 0. The average Bonchev–Trinajstić information content (AvgIpc) is 3.95. The maximum Gasteiger partial charge on any atom is 0.329 e. The topological polar surface area (TPSA) is 321 Å². The van der Waals surface area contributed by atoms with Gasteiger partial charge < -0.3 is 78.5 Å². The Kier molecular flexibility index (Phi) is 34.1. The average molecular weight is 1030 g/mol. The Hall–Kier alpha value is -5.45. The molecule has 408 valence electrons. The molecule has 0 unspecified atom stereocenters. The highest BCUT2D eigenvalue weighted by Crippen LogP contribution is 2.18. The van der Waals surface area contributed by atoms with Gasteiger partial charge in [-0.15, -0.1) is 0 Å². The van der Waals surface area contributed by atoms with Gasteiger partial charge >= 0.3 is 11.9 Å². The zero-order valence-corrected chi connectivity index (χ0v) is 42.1. The lowest BCUT2D eigenvalue weighted by Gasteiger charge is -2.26. The number of carboxylic acids is 2. The van der Waals surface area contributed by atoms with Crippen molar-refractivity contribution in [2.45, 2.75) is 72.6 Å². The van der Waals surface area contributed by atoms with E-state index in [1.54, 1.807) is 33.9 Å². The van der Waals surface area contributed by atoms with Crippen LogP contribution in [-0.4, -0.2) is 214 Å². The summed E-state index contributed by atoms with van der Waals surface area (Å²) in [5, 5.41) is 28.0. The molecule has 0 atom stereocenters. The first kappa shape index (κ1) is 62.7. The van der Waals surface area contributed by atoms with E-state index in [9.17, 15) is 33.6 Å². The number of aromatic nitrogens is 4. The highest BCUT2D eigenvalue weighted by molar-refractivity contribution is 5.85. The minimum Gasteiger partial charge on any atom is -0.480 e. The minimum atomic E-state index is -1.14. The van der Waals surface area contributed by atoms with Crippen LogP contribution in [-0.2, 0) is 97.6 Å². The largest absolute Gasteiger partial charge is 0.480 e. The minimum absolute atomic E-state index is 0.00882. The maximum atomic E-state index is 13.3. The summed E-state index contributed by atoms with van der Waals surface area (Å²) >= 11 is 0. The normalized spacial score (nSPS) is 11.4. The van der Waals surface area contributed by atoms with Gasteiger partial charge in [-0.3, -0.25) is 28.9 Å². The van der Waals surface area contributed by atoms with Crippen LogP contribution in [0.1, 0.15) is 58.1 Å². The molecule has 0 aromatic carbocycles. The lowest BCUT2D eigenvalue weighted by Crippen LogP contribution is -2.37. The van der Waals surface area contributed by atoms with Gasteiger partial charge in [0.2, 0.25) is 23.6 Å². The second-order valence-corrected chi connectivity index (χ2v) is 17.0. The second-order valence-electron chi connectivity index (χ2n) is 17.0. The predicted molar refractivity (Wildman–Crippen MR) is 255 cm³/mol. The number of Topliss-reactive ketones (excluding diaryl/α,β-unsaturated/α-hetero) is 1. The van der Waals surface area contributed by atoms with E-state index in [1.807, 2.05) is 25.7 Å². The Bertz CT molecular complexity index is 1740. The molecule has 6 N–H and O–H groups in total. The molecule has 2 rings (SSSR count). The van der Waals surface area contributed by atoms with Crippen LogP contribution in [0.2, 0.25) is 0 Å². The molecule has 0 fully saturated rings. The molecule has 2 heterocycles. The van der Waals surface area contributed by atoms with Crippen molar-refractivity contribution in [3.05, 3.63) is 36.4 Å². The van der Waals surface area contributed by atoms with Gasteiger partial charge in [0.25, 0.3) is 0 Å². The van der Waals surface area contributed by atoms with E-state index in [0.717, 1.165) is 0 Å². The summed E-state index contributed by atoms with van der Waals surface area (Å²) in [6.45, 7) is 10.9. The van der Waals surface area contributed by atoms with Crippen LogP contribution >= 0.6 is 0 Å². The van der Waals surface area contributed by atoms with Gasteiger partial charge in [0.05, 0.1) is 72.5 Å². The molecule has 0 saturated carbocycles. The summed E-state index contributed by atoms with van der Waals surface area (Å²) in [4.78, 5) is 93.7. The number of ether oxygens (including phenoxy) is 8. The fraction of sp³-hybridized carbons (Fsp3) is 0.717. The summed E-state index contributed by atoms with van der Waals surface area (Å²) in [5.74, 6) is -2.29. The second kappa shape index (κ2) is 39.1. The third-order valence-corrected chi connectivity index (χ3v) is 9.72. The summed E-state index contributed by atoms with van der Waals surface area (Å²) in [6, 6.07) is 0. The predicted octanol–water partition coefficient (Wildman–Crippen LogP) is -0.976. The Morgan fingerprint density at radius 3 is 1.12 bits per heavy atom. The number of amides is 4. The molecule has 4 amide bonds. The van der Waals surface area contributed by atoms with Crippen LogP contribution in [0.4, 0.5) is 0 Å². The van der Waals surface area contributed by atoms with Crippen molar-refractivity contribution < 1.29 is 81.7 Å². The zero-order chi connectivity index (χ0) is 52.7. The van der Waals surface area contributed by atoms with Gasteiger partial charge in [-0.05, 0) is 25.7 Å². The number of ketones is 1. The number of imidazole rings is 2. The number of carbonyl (C=O) groups excluding carboxylic acids is 5. The molecule has 0 aliphatic carbocycles. The standard InChI is InChI=1S/C46H77N9O17/c1-46(2,3)37(56)28-53(29-38-47-12-14-54(38)31-40(57)49-8-4-16-65-20-24-69-26-22-67-18-6-10-51-42(59)33-71-35-44(61)62)30-39-48-13-15-55(39)32-41(58)50-9-5-17-66-21-25-70-27-23-68-19-7-11-52-43(60)34-72-36-45(63)64/h12-15H,4-11,16-36H2,1-3H3,(H,49,57)(H,50,58)(H,51,59)(H,52,60)(H,61,62)(H,63,64). The van der Waals surface area contributed by atoms with Gasteiger partial charge in [-0.2, -0.15) is 0 Å². The number of hydrogen-bond acceptors (Lipinski definition) is 18. The fourth-order valence-electron chi connectivity index (χ4n) is 5.96. The molecule has 0 bridgehead atoms. The first-order valence-corrected chi connectivity index (χ1v) is 24.0. The number of carbonyl (C=O) groups is 7. The Labute approximate surface area is 420 Å². The van der Waals surface area contributed by atoms with E-state index in [-0.39, 0.29) is 63.5 Å². The molecule has 72 heavy (non-hydrogen) atoms. The summed E-state index contributed by atoms with van der Waals surface area (Å²) in [5.41, 5.74) is -0.605. The number of nitrogens with one attached hydrogen (secondary N) is 4. The van der Waals surface area contributed by atoms with Crippen LogP contribution < -0.4 is 21.3 Å². The zero-order valence-electron chi connectivity index (χ0n) is 42.1. The maximum absolute atomic E-state index is 13.3.